The summed E-state index contributed by atoms with van der Waals surface area (Å²) in [6, 6.07) is 10.8. The predicted molar refractivity (Wildman–Crippen MR) is 124 cm³/mol. The summed E-state index contributed by atoms with van der Waals surface area (Å²) in [4.78, 5) is 6.89. The van der Waals surface area contributed by atoms with Crippen molar-refractivity contribution in [1.29, 1.82) is 5.41 Å². The van der Waals surface area contributed by atoms with Crippen LogP contribution in [0.1, 0.15) is 22.6 Å². The SMILES string of the molecule is COc1ccc(C2c3ccc(O)cc3Oc3ncn(CCN4CCOCC4)c(=N)c32)cc1OC. The molecule has 3 aromatic rings. The van der Waals surface area contributed by atoms with Crippen molar-refractivity contribution in [3.8, 4) is 28.9 Å². The number of benzene rings is 2. The summed E-state index contributed by atoms with van der Waals surface area (Å²) in [5, 5.41) is 19.1. The van der Waals surface area contributed by atoms with Gasteiger partial charge in [0.2, 0.25) is 5.88 Å². The molecule has 3 heterocycles. The van der Waals surface area contributed by atoms with Crippen molar-refractivity contribution in [2.75, 3.05) is 47.1 Å². The number of methoxy groups -OCH3 is 2. The standard InChI is InChI=1S/C25H28N4O5/c1-31-19-6-3-16(13-21(19)32-2)22-18-5-4-17(30)14-20(18)34-25-23(22)24(26)29(15-27-25)8-7-28-9-11-33-12-10-28/h3-6,13-15,22,26,30H,7-12H2,1-2H3. The minimum atomic E-state index is -0.324. The smallest absolute Gasteiger partial charge is 0.228 e. The zero-order chi connectivity index (χ0) is 23.7. The number of morpholine rings is 1. The van der Waals surface area contributed by atoms with Gasteiger partial charge in [-0.2, -0.15) is 0 Å². The number of rotatable bonds is 6. The van der Waals surface area contributed by atoms with E-state index < -0.39 is 0 Å². The van der Waals surface area contributed by atoms with Gasteiger partial charge in [0.25, 0.3) is 0 Å². The Morgan fingerprint density at radius 1 is 1.06 bits per heavy atom. The molecule has 2 aliphatic heterocycles. The highest BCUT2D eigenvalue weighted by atomic mass is 16.5. The second kappa shape index (κ2) is 9.36. The van der Waals surface area contributed by atoms with Gasteiger partial charge in [0.05, 0.1) is 33.0 Å². The van der Waals surface area contributed by atoms with Crippen LogP contribution in [-0.4, -0.2) is 66.6 Å². The Balaban J connectivity index is 1.59. The molecule has 34 heavy (non-hydrogen) atoms. The molecule has 5 rings (SSSR count). The number of hydrogen-bond donors (Lipinski definition) is 2. The first-order valence-corrected chi connectivity index (χ1v) is 11.3. The summed E-state index contributed by atoms with van der Waals surface area (Å²) in [6.45, 7) is 4.70. The van der Waals surface area contributed by atoms with Crippen LogP contribution in [0.15, 0.2) is 42.7 Å². The van der Waals surface area contributed by atoms with Gasteiger partial charge in [-0.05, 0) is 23.8 Å². The maximum absolute atomic E-state index is 10.0. The van der Waals surface area contributed by atoms with Crippen LogP contribution in [0.25, 0.3) is 0 Å². The van der Waals surface area contributed by atoms with Crippen molar-refractivity contribution in [1.82, 2.24) is 14.5 Å². The summed E-state index contributed by atoms with van der Waals surface area (Å²) >= 11 is 0. The van der Waals surface area contributed by atoms with Crippen molar-refractivity contribution in [2.24, 2.45) is 0 Å². The van der Waals surface area contributed by atoms with Crippen LogP contribution in [0, 0.1) is 5.41 Å². The molecule has 2 aliphatic rings. The molecule has 0 saturated carbocycles. The summed E-state index contributed by atoms with van der Waals surface area (Å²) < 4.78 is 24.3. The van der Waals surface area contributed by atoms with E-state index in [0.717, 1.165) is 44.0 Å². The number of aromatic hydroxyl groups is 1. The van der Waals surface area contributed by atoms with E-state index in [4.69, 9.17) is 24.4 Å². The Labute approximate surface area is 197 Å². The number of phenolic OH excluding ortho intramolecular Hbond substituents is 1. The molecule has 0 bridgehead atoms. The fraction of sp³-hybridized carbons (Fsp3) is 0.360. The van der Waals surface area contributed by atoms with Crippen LogP contribution < -0.4 is 19.7 Å². The Morgan fingerprint density at radius 2 is 1.85 bits per heavy atom. The third-order valence-corrected chi connectivity index (χ3v) is 6.39. The molecule has 0 spiro atoms. The molecule has 1 unspecified atom stereocenters. The largest absolute Gasteiger partial charge is 0.508 e. The van der Waals surface area contributed by atoms with E-state index in [-0.39, 0.29) is 11.7 Å². The van der Waals surface area contributed by atoms with Crippen molar-refractivity contribution in [3.63, 3.8) is 0 Å². The average Bonchev–Trinajstić information content (AvgIpc) is 2.87. The van der Waals surface area contributed by atoms with Crippen LogP contribution >= 0.6 is 0 Å². The first kappa shape index (κ1) is 22.2. The molecule has 2 N–H and O–H groups in total. The van der Waals surface area contributed by atoms with Crippen LogP contribution in [0.3, 0.4) is 0 Å². The molecule has 0 amide bonds. The molecule has 0 radical (unpaired) electrons. The van der Waals surface area contributed by atoms with Crippen molar-refractivity contribution in [3.05, 3.63) is 64.9 Å². The lowest BCUT2D eigenvalue weighted by atomic mass is 9.83. The zero-order valence-electron chi connectivity index (χ0n) is 19.3. The van der Waals surface area contributed by atoms with Crippen molar-refractivity contribution >= 4 is 0 Å². The highest BCUT2D eigenvalue weighted by molar-refractivity contribution is 5.58. The van der Waals surface area contributed by atoms with E-state index in [1.807, 2.05) is 28.8 Å². The maximum Gasteiger partial charge on any atom is 0.228 e. The van der Waals surface area contributed by atoms with Crippen molar-refractivity contribution < 1.29 is 24.1 Å². The number of hydrogen-bond acceptors (Lipinski definition) is 8. The molecule has 0 aliphatic carbocycles. The minimum absolute atomic E-state index is 0.107. The Bertz CT molecular complexity index is 1250. The normalized spacial score (nSPS) is 17.4. The van der Waals surface area contributed by atoms with Gasteiger partial charge in [0.15, 0.2) is 11.5 Å². The molecule has 1 aromatic heterocycles. The summed E-state index contributed by atoms with van der Waals surface area (Å²) in [5.74, 6) is 1.90. The Kier molecular flexibility index (Phi) is 6.12. The monoisotopic (exact) mass is 464 g/mol. The Hall–Kier alpha value is -3.56. The van der Waals surface area contributed by atoms with Crippen molar-refractivity contribution in [2.45, 2.75) is 12.5 Å². The van der Waals surface area contributed by atoms with Crippen LogP contribution in [0.4, 0.5) is 0 Å². The molecular weight excluding hydrogens is 436 g/mol. The fourth-order valence-electron chi connectivity index (χ4n) is 4.58. The van der Waals surface area contributed by atoms with Gasteiger partial charge < -0.3 is 28.6 Å². The molecule has 9 nitrogen and oxygen atoms in total. The van der Waals surface area contributed by atoms with Gasteiger partial charge in [0, 0.05) is 43.7 Å². The first-order chi connectivity index (χ1) is 16.6. The molecular formula is C25H28N4O5. The number of aromatic nitrogens is 2. The Morgan fingerprint density at radius 3 is 2.62 bits per heavy atom. The number of nitrogens with one attached hydrogen (secondary N) is 1. The molecule has 9 heteroatoms. The molecule has 2 aromatic carbocycles. The van der Waals surface area contributed by atoms with E-state index in [9.17, 15) is 5.11 Å². The van der Waals surface area contributed by atoms with E-state index in [1.165, 1.54) is 0 Å². The maximum atomic E-state index is 10.0. The molecule has 1 fully saturated rings. The lowest BCUT2D eigenvalue weighted by Crippen LogP contribution is -2.40. The van der Waals surface area contributed by atoms with E-state index in [2.05, 4.69) is 9.88 Å². The fourth-order valence-corrected chi connectivity index (χ4v) is 4.58. The predicted octanol–water partition coefficient (Wildman–Crippen LogP) is 2.70. The summed E-state index contributed by atoms with van der Waals surface area (Å²) in [6.07, 6.45) is 1.65. The lowest BCUT2D eigenvalue weighted by molar-refractivity contribution is 0.0362. The third kappa shape index (κ3) is 4.08. The van der Waals surface area contributed by atoms with E-state index >= 15 is 0 Å². The number of fused-ring (bicyclic) bond motifs is 2. The second-order valence-electron chi connectivity index (χ2n) is 8.33. The lowest BCUT2D eigenvalue weighted by Gasteiger charge is -2.30. The van der Waals surface area contributed by atoms with Crippen LogP contribution in [0.5, 0.6) is 28.9 Å². The van der Waals surface area contributed by atoms with Gasteiger partial charge in [0.1, 0.15) is 23.3 Å². The van der Waals surface area contributed by atoms with Gasteiger partial charge in [-0.15, -0.1) is 0 Å². The minimum Gasteiger partial charge on any atom is -0.508 e. The van der Waals surface area contributed by atoms with E-state index in [0.29, 0.717) is 40.7 Å². The molecule has 178 valence electrons. The highest BCUT2D eigenvalue weighted by Gasteiger charge is 2.33. The topological polar surface area (TPSA) is 102 Å². The number of nitrogens with zero attached hydrogens (tertiary/aromatic N) is 3. The highest BCUT2D eigenvalue weighted by Crippen LogP contribution is 2.47. The average molecular weight is 465 g/mol. The second-order valence-corrected chi connectivity index (χ2v) is 8.33. The van der Waals surface area contributed by atoms with Gasteiger partial charge in [-0.1, -0.05) is 12.1 Å². The molecule has 1 saturated heterocycles. The van der Waals surface area contributed by atoms with Gasteiger partial charge in [-0.3, -0.25) is 10.3 Å². The molecule has 1 atom stereocenters. The summed E-state index contributed by atoms with van der Waals surface area (Å²) in [7, 11) is 3.20. The first-order valence-electron chi connectivity index (χ1n) is 11.3. The van der Waals surface area contributed by atoms with Crippen LogP contribution in [-0.2, 0) is 11.3 Å². The number of ether oxygens (including phenoxy) is 4. The number of phenols is 1. The van der Waals surface area contributed by atoms with Gasteiger partial charge >= 0.3 is 0 Å². The van der Waals surface area contributed by atoms with Gasteiger partial charge in [-0.25, -0.2) is 4.98 Å². The quantitative estimate of drug-likeness (QED) is 0.452. The van der Waals surface area contributed by atoms with Crippen LogP contribution in [0.2, 0.25) is 0 Å². The van der Waals surface area contributed by atoms with E-state index in [1.54, 1.807) is 32.7 Å². The summed E-state index contributed by atoms with van der Waals surface area (Å²) in [5.41, 5.74) is 2.78. The zero-order valence-corrected chi connectivity index (χ0v) is 19.3. The third-order valence-electron chi connectivity index (χ3n) is 6.39.